The molecule has 4 N–H and O–H groups in total. The van der Waals surface area contributed by atoms with E-state index in [1.165, 1.54) is 31.2 Å². The van der Waals surface area contributed by atoms with Gasteiger partial charge in [-0.2, -0.15) is 0 Å². The van der Waals surface area contributed by atoms with E-state index in [2.05, 4.69) is 16.0 Å². The second-order valence-corrected chi connectivity index (χ2v) is 5.01. The lowest BCUT2D eigenvalue weighted by atomic mass is 10.1. The van der Waals surface area contributed by atoms with E-state index < -0.39 is 30.4 Å². The standard InChI is InChI=1S/C14H16ClN3O5/c1-8(19)16-6-11(20)17-7-12(21)18-13(14(22)23)9-2-4-10(15)5-3-9/h2-5,13H,6-7H2,1H3,(H,16,19)(H,17,20)(H,18,21)(H,22,23). The van der Waals surface area contributed by atoms with Crippen LogP contribution in [0.2, 0.25) is 5.02 Å². The number of hydrogen-bond acceptors (Lipinski definition) is 4. The van der Waals surface area contributed by atoms with Crippen LogP contribution >= 0.6 is 11.6 Å². The largest absolute Gasteiger partial charge is 0.479 e. The molecule has 9 heteroatoms. The molecule has 0 heterocycles. The second kappa shape index (κ2) is 8.74. The lowest BCUT2D eigenvalue weighted by Gasteiger charge is -2.15. The minimum Gasteiger partial charge on any atom is -0.479 e. The molecule has 1 atom stereocenters. The van der Waals surface area contributed by atoms with E-state index >= 15 is 0 Å². The molecule has 0 spiro atoms. The van der Waals surface area contributed by atoms with Gasteiger partial charge >= 0.3 is 5.97 Å². The molecule has 8 nitrogen and oxygen atoms in total. The summed E-state index contributed by atoms with van der Waals surface area (Å²) < 4.78 is 0. The Morgan fingerprint density at radius 3 is 2.13 bits per heavy atom. The minimum absolute atomic E-state index is 0.262. The van der Waals surface area contributed by atoms with Gasteiger partial charge in [-0.15, -0.1) is 0 Å². The van der Waals surface area contributed by atoms with Gasteiger partial charge in [-0.1, -0.05) is 23.7 Å². The van der Waals surface area contributed by atoms with Crippen molar-refractivity contribution in [2.75, 3.05) is 13.1 Å². The van der Waals surface area contributed by atoms with Gasteiger partial charge in [0.1, 0.15) is 0 Å². The lowest BCUT2D eigenvalue weighted by molar-refractivity contribution is -0.142. The number of halogens is 1. The molecular formula is C14H16ClN3O5. The molecule has 0 aliphatic heterocycles. The Hall–Kier alpha value is -2.61. The zero-order valence-corrected chi connectivity index (χ0v) is 13.0. The van der Waals surface area contributed by atoms with Crippen LogP contribution in [0, 0.1) is 0 Å². The number of rotatable bonds is 7. The molecule has 0 bridgehead atoms. The minimum atomic E-state index is -1.26. The Morgan fingerprint density at radius 1 is 1.04 bits per heavy atom. The molecular weight excluding hydrogens is 326 g/mol. The van der Waals surface area contributed by atoms with Gasteiger partial charge in [0.15, 0.2) is 6.04 Å². The molecule has 0 aromatic heterocycles. The summed E-state index contributed by atoms with van der Waals surface area (Å²) in [7, 11) is 0. The molecule has 0 aliphatic carbocycles. The molecule has 0 saturated heterocycles. The fourth-order valence-electron chi connectivity index (χ4n) is 1.60. The number of carbonyl (C=O) groups excluding carboxylic acids is 3. The predicted molar refractivity (Wildman–Crippen MR) is 81.7 cm³/mol. The van der Waals surface area contributed by atoms with Crippen LogP contribution in [0.4, 0.5) is 0 Å². The number of benzene rings is 1. The van der Waals surface area contributed by atoms with Gasteiger partial charge < -0.3 is 21.1 Å². The number of amides is 3. The molecule has 124 valence electrons. The van der Waals surface area contributed by atoms with Gasteiger partial charge in [0.05, 0.1) is 13.1 Å². The molecule has 0 saturated carbocycles. The van der Waals surface area contributed by atoms with Crippen molar-refractivity contribution in [3.63, 3.8) is 0 Å². The Kier molecular flexibility index (Phi) is 7.01. The van der Waals surface area contributed by atoms with E-state index in [-0.39, 0.29) is 12.5 Å². The first kappa shape index (κ1) is 18.4. The number of nitrogens with one attached hydrogen (secondary N) is 3. The van der Waals surface area contributed by atoms with Crippen LogP contribution in [-0.2, 0) is 19.2 Å². The average Bonchev–Trinajstić information content (AvgIpc) is 2.49. The fraction of sp³-hybridized carbons (Fsp3) is 0.286. The van der Waals surface area contributed by atoms with Crippen molar-refractivity contribution in [1.29, 1.82) is 0 Å². The summed E-state index contributed by atoms with van der Waals surface area (Å²) >= 11 is 5.73. The summed E-state index contributed by atoms with van der Waals surface area (Å²) in [4.78, 5) is 45.0. The maximum atomic E-state index is 11.7. The van der Waals surface area contributed by atoms with Gasteiger partial charge in [-0.3, -0.25) is 14.4 Å². The van der Waals surface area contributed by atoms with Crippen molar-refractivity contribution >= 4 is 35.3 Å². The molecule has 1 aromatic carbocycles. The third-order valence-corrected chi connectivity index (χ3v) is 2.95. The van der Waals surface area contributed by atoms with E-state index in [0.29, 0.717) is 10.6 Å². The van der Waals surface area contributed by atoms with E-state index in [0.717, 1.165) is 0 Å². The van der Waals surface area contributed by atoms with Crippen molar-refractivity contribution in [1.82, 2.24) is 16.0 Å². The topological polar surface area (TPSA) is 125 Å². The maximum Gasteiger partial charge on any atom is 0.330 e. The van der Waals surface area contributed by atoms with Crippen molar-refractivity contribution in [3.8, 4) is 0 Å². The third-order valence-electron chi connectivity index (χ3n) is 2.70. The van der Waals surface area contributed by atoms with Crippen LogP contribution < -0.4 is 16.0 Å². The summed E-state index contributed by atoms with van der Waals surface area (Å²) in [5.41, 5.74) is 0.347. The lowest BCUT2D eigenvalue weighted by Crippen LogP contribution is -2.43. The zero-order valence-electron chi connectivity index (χ0n) is 12.3. The van der Waals surface area contributed by atoms with Crippen LogP contribution in [0.5, 0.6) is 0 Å². The molecule has 1 aromatic rings. The highest BCUT2D eigenvalue weighted by Gasteiger charge is 2.22. The molecule has 0 fully saturated rings. The van der Waals surface area contributed by atoms with Gasteiger partial charge in [0.25, 0.3) is 0 Å². The highest BCUT2D eigenvalue weighted by molar-refractivity contribution is 6.30. The van der Waals surface area contributed by atoms with Gasteiger partial charge in [0, 0.05) is 11.9 Å². The fourth-order valence-corrected chi connectivity index (χ4v) is 1.73. The van der Waals surface area contributed by atoms with Crippen LogP contribution in [0.25, 0.3) is 0 Å². The predicted octanol–water partition coefficient (Wildman–Crippen LogP) is -0.166. The third kappa shape index (κ3) is 6.79. The summed E-state index contributed by atoms with van der Waals surface area (Å²) in [6, 6.07) is 4.72. The van der Waals surface area contributed by atoms with E-state index in [4.69, 9.17) is 11.6 Å². The summed E-state index contributed by atoms with van der Waals surface area (Å²) in [5, 5.41) is 16.4. The number of aliphatic carboxylic acids is 1. The monoisotopic (exact) mass is 341 g/mol. The highest BCUT2D eigenvalue weighted by atomic mass is 35.5. The van der Waals surface area contributed by atoms with Crippen molar-refractivity contribution in [3.05, 3.63) is 34.9 Å². The molecule has 3 amide bonds. The number of carboxylic acid groups (broad SMARTS) is 1. The summed E-state index contributed by atoms with van der Waals surface area (Å²) in [5.74, 6) is -2.86. The summed E-state index contributed by atoms with van der Waals surface area (Å²) in [6.45, 7) is 0.585. The molecule has 0 aliphatic rings. The molecule has 1 rings (SSSR count). The normalized spacial score (nSPS) is 11.2. The second-order valence-electron chi connectivity index (χ2n) is 4.58. The first-order chi connectivity index (χ1) is 10.8. The highest BCUT2D eigenvalue weighted by Crippen LogP contribution is 2.16. The van der Waals surface area contributed by atoms with Crippen LogP contribution in [0.15, 0.2) is 24.3 Å². The Bertz CT molecular complexity index is 603. The van der Waals surface area contributed by atoms with Gasteiger partial charge in [0.2, 0.25) is 17.7 Å². The van der Waals surface area contributed by atoms with Gasteiger partial charge in [-0.25, -0.2) is 4.79 Å². The average molecular weight is 342 g/mol. The molecule has 0 radical (unpaired) electrons. The number of hydrogen-bond donors (Lipinski definition) is 4. The SMILES string of the molecule is CC(=O)NCC(=O)NCC(=O)NC(C(=O)O)c1ccc(Cl)cc1. The van der Waals surface area contributed by atoms with Crippen LogP contribution in [0.1, 0.15) is 18.5 Å². The number of carboxylic acids is 1. The Balaban J connectivity index is 2.55. The quantitative estimate of drug-likeness (QED) is 0.548. The van der Waals surface area contributed by atoms with Gasteiger partial charge in [-0.05, 0) is 17.7 Å². The summed E-state index contributed by atoms with van der Waals surface area (Å²) in [6.07, 6.45) is 0. The first-order valence-corrected chi connectivity index (χ1v) is 6.96. The molecule has 23 heavy (non-hydrogen) atoms. The van der Waals surface area contributed by atoms with Crippen molar-refractivity contribution < 1.29 is 24.3 Å². The Labute approximate surface area is 137 Å². The zero-order chi connectivity index (χ0) is 17.4. The van der Waals surface area contributed by atoms with Crippen molar-refractivity contribution in [2.24, 2.45) is 0 Å². The first-order valence-electron chi connectivity index (χ1n) is 6.58. The maximum absolute atomic E-state index is 11.7. The molecule has 1 unspecified atom stereocenters. The Morgan fingerprint density at radius 2 is 1.61 bits per heavy atom. The smallest absolute Gasteiger partial charge is 0.330 e. The van der Waals surface area contributed by atoms with E-state index in [1.54, 1.807) is 0 Å². The van der Waals surface area contributed by atoms with E-state index in [9.17, 15) is 24.3 Å². The van der Waals surface area contributed by atoms with E-state index in [1.807, 2.05) is 0 Å². The van der Waals surface area contributed by atoms with Crippen LogP contribution in [-0.4, -0.2) is 41.9 Å². The van der Waals surface area contributed by atoms with Crippen LogP contribution in [0.3, 0.4) is 0 Å². The number of carbonyl (C=O) groups is 4. The van der Waals surface area contributed by atoms with Crippen molar-refractivity contribution in [2.45, 2.75) is 13.0 Å².